The van der Waals surface area contributed by atoms with Crippen LogP contribution in [0.1, 0.15) is 24.8 Å². The van der Waals surface area contributed by atoms with Crippen LogP contribution in [0.15, 0.2) is 18.2 Å². The fourth-order valence-corrected chi connectivity index (χ4v) is 3.63. The predicted molar refractivity (Wildman–Crippen MR) is 72.7 cm³/mol. The Morgan fingerprint density at radius 2 is 2.29 bits per heavy atom. The molecule has 0 aromatic heterocycles. The fraction of sp³-hybridized carbons (Fsp3) is 0.571. The zero-order chi connectivity index (χ0) is 11.8. The number of benzene rings is 1. The lowest BCUT2D eigenvalue weighted by atomic mass is 10.1. The molecule has 1 N–H and O–H groups in total. The van der Waals surface area contributed by atoms with Crippen LogP contribution >= 0.6 is 11.6 Å². The molecule has 2 bridgehead atoms. The highest BCUT2D eigenvalue weighted by atomic mass is 35.5. The zero-order valence-corrected chi connectivity index (χ0v) is 11.0. The molecular weight excluding hydrogens is 232 g/mol. The Hall–Kier alpha value is -0.730. The van der Waals surface area contributed by atoms with E-state index in [1.807, 2.05) is 7.05 Å². The maximum Gasteiger partial charge on any atom is 0.0642 e. The van der Waals surface area contributed by atoms with Gasteiger partial charge < -0.3 is 10.2 Å². The van der Waals surface area contributed by atoms with Gasteiger partial charge in [-0.2, -0.15) is 0 Å². The van der Waals surface area contributed by atoms with Crippen LogP contribution in [-0.4, -0.2) is 19.6 Å². The van der Waals surface area contributed by atoms with E-state index in [-0.39, 0.29) is 0 Å². The van der Waals surface area contributed by atoms with E-state index >= 15 is 0 Å². The summed E-state index contributed by atoms with van der Waals surface area (Å²) in [5.74, 6) is 0.910. The van der Waals surface area contributed by atoms with Gasteiger partial charge >= 0.3 is 0 Å². The molecular formula is C14H19ClN2. The first-order valence-corrected chi connectivity index (χ1v) is 6.85. The van der Waals surface area contributed by atoms with Crippen molar-refractivity contribution < 1.29 is 0 Å². The lowest BCUT2D eigenvalue weighted by Gasteiger charge is -2.30. The molecule has 1 aliphatic heterocycles. The van der Waals surface area contributed by atoms with Gasteiger partial charge in [0.05, 0.1) is 10.7 Å². The van der Waals surface area contributed by atoms with Crippen LogP contribution in [-0.2, 0) is 6.54 Å². The van der Waals surface area contributed by atoms with Crippen molar-refractivity contribution in [2.45, 2.75) is 31.8 Å². The Kier molecular flexibility index (Phi) is 3.01. The minimum absolute atomic E-state index is 0.743. The number of fused-ring (bicyclic) bond motifs is 2. The van der Waals surface area contributed by atoms with Crippen LogP contribution in [0.4, 0.5) is 5.69 Å². The molecule has 1 saturated heterocycles. The molecule has 2 unspecified atom stereocenters. The van der Waals surface area contributed by atoms with Gasteiger partial charge in [0, 0.05) is 19.1 Å². The summed E-state index contributed by atoms with van der Waals surface area (Å²) in [6.07, 6.45) is 4.13. The molecule has 2 aliphatic rings. The van der Waals surface area contributed by atoms with Gasteiger partial charge in [0.25, 0.3) is 0 Å². The molecule has 0 spiro atoms. The minimum Gasteiger partial charge on any atom is -0.367 e. The van der Waals surface area contributed by atoms with Gasteiger partial charge in [0.1, 0.15) is 0 Å². The van der Waals surface area contributed by atoms with Crippen molar-refractivity contribution in [2.75, 3.05) is 18.5 Å². The van der Waals surface area contributed by atoms with Gasteiger partial charge in [0.15, 0.2) is 0 Å². The average molecular weight is 251 g/mol. The largest absolute Gasteiger partial charge is 0.367 e. The Morgan fingerprint density at radius 3 is 2.88 bits per heavy atom. The molecule has 1 aromatic rings. The molecule has 2 nitrogen and oxygen atoms in total. The quantitative estimate of drug-likeness (QED) is 0.887. The molecule has 2 atom stereocenters. The van der Waals surface area contributed by atoms with Crippen molar-refractivity contribution in [3.8, 4) is 0 Å². The topological polar surface area (TPSA) is 15.3 Å². The highest BCUT2D eigenvalue weighted by Gasteiger charge is 2.38. The molecule has 1 saturated carbocycles. The van der Waals surface area contributed by atoms with Gasteiger partial charge in [0.2, 0.25) is 0 Å². The third kappa shape index (κ3) is 2.04. The highest BCUT2D eigenvalue weighted by Crippen LogP contribution is 2.42. The predicted octanol–water partition coefficient (Wildman–Crippen LogP) is 3.05. The molecule has 0 amide bonds. The third-order valence-electron chi connectivity index (χ3n) is 4.11. The molecule has 1 heterocycles. The maximum atomic E-state index is 6.41. The van der Waals surface area contributed by atoms with Gasteiger partial charge in [-0.1, -0.05) is 17.7 Å². The summed E-state index contributed by atoms with van der Waals surface area (Å²) in [6, 6.07) is 7.21. The molecule has 0 radical (unpaired) electrons. The summed E-state index contributed by atoms with van der Waals surface area (Å²) in [7, 11) is 1.96. The number of rotatable bonds is 3. The molecule has 2 fully saturated rings. The second-order valence-corrected chi connectivity index (χ2v) is 5.71. The maximum absolute atomic E-state index is 6.41. The molecule has 92 valence electrons. The summed E-state index contributed by atoms with van der Waals surface area (Å²) in [5, 5.41) is 4.06. The Bertz CT molecular complexity index is 419. The molecule has 3 rings (SSSR count). The van der Waals surface area contributed by atoms with Crippen LogP contribution in [0.2, 0.25) is 5.02 Å². The van der Waals surface area contributed by atoms with Crippen molar-refractivity contribution in [3.63, 3.8) is 0 Å². The van der Waals surface area contributed by atoms with E-state index in [9.17, 15) is 0 Å². The summed E-state index contributed by atoms with van der Waals surface area (Å²) in [6.45, 7) is 2.09. The number of hydrogen-bond acceptors (Lipinski definition) is 2. The van der Waals surface area contributed by atoms with E-state index < -0.39 is 0 Å². The SMILES string of the molecule is CNCc1ccc(N2CC3CCC2C3)c(Cl)c1. The fourth-order valence-electron chi connectivity index (χ4n) is 3.32. The average Bonchev–Trinajstić information content (AvgIpc) is 2.91. The number of hydrogen-bond donors (Lipinski definition) is 1. The second-order valence-electron chi connectivity index (χ2n) is 5.30. The van der Waals surface area contributed by atoms with Gasteiger partial charge in [-0.15, -0.1) is 0 Å². The molecule has 3 heteroatoms. The van der Waals surface area contributed by atoms with Crippen LogP contribution < -0.4 is 10.2 Å². The number of nitrogens with zero attached hydrogens (tertiary/aromatic N) is 1. The number of anilines is 1. The van der Waals surface area contributed by atoms with Gasteiger partial charge in [-0.3, -0.25) is 0 Å². The number of piperidine rings is 1. The Morgan fingerprint density at radius 1 is 1.41 bits per heavy atom. The van der Waals surface area contributed by atoms with E-state index in [0.29, 0.717) is 0 Å². The van der Waals surface area contributed by atoms with Crippen molar-refractivity contribution in [3.05, 3.63) is 28.8 Å². The van der Waals surface area contributed by atoms with Crippen molar-refractivity contribution in [2.24, 2.45) is 5.92 Å². The third-order valence-corrected chi connectivity index (χ3v) is 4.41. The Labute approximate surface area is 108 Å². The lowest BCUT2D eigenvalue weighted by Crippen LogP contribution is -2.32. The Balaban J connectivity index is 1.83. The first-order valence-electron chi connectivity index (χ1n) is 6.47. The minimum atomic E-state index is 0.743. The monoisotopic (exact) mass is 250 g/mol. The molecule has 17 heavy (non-hydrogen) atoms. The number of nitrogens with one attached hydrogen (secondary N) is 1. The van der Waals surface area contributed by atoms with Crippen molar-refractivity contribution in [1.82, 2.24) is 5.32 Å². The van der Waals surface area contributed by atoms with Crippen LogP contribution in [0.5, 0.6) is 0 Å². The number of halogens is 1. The van der Waals surface area contributed by atoms with Gasteiger partial charge in [-0.25, -0.2) is 0 Å². The summed E-state index contributed by atoms with van der Waals surface area (Å²) < 4.78 is 0. The van der Waals surface area contributed by atoms with Gasteiger partial charge in [-0.05, 0) is 49.9 Å². The van der Waals surface area contributed by atoms with E-state index in [1.165, 1.54) is 37.1 Å². The van der Waals surface area contributed by atoms with Crippen molar-refractivity contribution in [1.29, 1.82) is 0 Å². The summed E-state index contributed by atoms with van der Waals surface area (Å²) in [5.41, 5.74) is 2.49. The summed E-state index contributed by atoms with van der Waals surface area (Å²) >= 11 is 6.41. The summed E-state index contributed by atoms with van der Waals surface area (Å²) in [4.78, 5) is 2.51. The standard InChI is InChI=1S/C14H19ClN2/c1-16-8-10-3-5-14(13(15)7-10)17-9-11-2-4-12(17)6-11/h3,5,7,11-12,16H,2,4,6,8-9H2,1H3. The highest BCUT2D eigenvalue weighted by molar-refractivity contribution is 6.33. The van der Waals surface area contributed by atoms with E-state index in [1.54, 1.807) is 0 Å². The lowest BCUT2D eigenvalue weighted by molar-refractivity contribution is 0.553. The normalized spacial score (nSPS) is 26.8. The van der Waals surface area contributed by atoms with Crippen LogP contribution in [0.3, 0.4) is 0 Å². The second kappa shape index (κ2) is 4.51. The van der Waals surface area contributed by atoms with Crippen molar-refractivity contribution >= 4 is 17.3 Å². The molecule has 1 aromatic carbocycles. The van der Waals surface area contributed by atoms with E-state index in [2.05, 4.69) is 28.4 Å². The zero-order valence-electron chi connectivity index (χ0n) is 10.2. The first-order chi connectivity index (χ1) is 8.28. The van der Waals surface area contributed by atoms with Crippen LogP contribution in [0, 0.1) is 5.92 Å². The van der Waals surface area contributed by atoms with E-state index in [4.69, 9.17) is 11.6 Å². The van der Waals surface area contributed by atoms with Crippen LogP contribution in [0.25, 0.3) is 0 Å². The smallest absolute Gasteiger partial charge is 0.0642 e. The first kappa shape index (κ1) is 11.4. The van der Waals surface area contributed by atoms with E-state index in [0.717, 1.165) is 23.5 Å². The molecule has 1 aliphatic carbocycles.